The van der Waals surface area contributed by atoms with E-state index in [1.54, 1.807) is 7.11 Å². The molecule has 1 aromatic rings. The molecule has 1 saturated carbocycles. The molecule has 5 atom stereocenters. The zero-order chi connectivity index (χ0) is 17.2. The van der Waals surface area contributed by atoms with Crippen molar-refractivity contribution in [3.63, 3.8) is 0 Å². The minimum absolute atomic E-state index is 0.0140. The highest BCUT2D eigenvalue weighted by molar-refractivity contribution is 8.01. The van der Waals surface area contributed by atoms with Gasteiger partial charge in [-0.3, -0.25) is 4.90 Å². The summed E-state index contributed by atoms with van der Waals surface area (Å²) in [5.74, 6) is 0.884. The van der Waals surface area contributed by atoms with Crippen molar-refractivity contribution in [3.05, 3.63) is 35.9 Å². The molecule has 0 radical (unpaired) electrons. The van der Waals surface area contributed by atoms with Crippen LogP contribution in [0.3, 0.4) is 0 Å². The summed E-state index contributed by atoms with van der Waals surface area (Å²) in [6, 6.07) is 9.18. The number of piperidine rings is 1. The van der Waals surface area contributed by atoms with Crippen LogP contribution < -0.4 is 4.74 Å². The smallest absolute Gasteiger partial charge is 0.175 e. The molecule has 4 nitrogen and oxygen atoms in total. The van der Waals surface area contributed by atoms with Crippen LogP contribution in [0.1, 0.15) is 32.6 Å². The molecule has 4 aliphatic rings. The highest BCUT2D eigenvalue weighted by atomic mass is 32.2. The van der Waals surface area contributed by atoms with E-state index in [0.717, 1.165) is 18.7 Å². The summed E-state index contributed by atoms with van der Waals surface area (Å²) >= 11 is 1.94. The molecular formula is C20H25NO3S. The summed E-state index contributed by atoms with van der Waals surface area (Å²) in [7, 11) is 1.70. The van der Waals surface area contributed by atoms with Crippen LogP contribution in [0.2, 0.25) is 0 Å². The zero-order valence-electron chi connectivity index (χ0n) is 14.8. The lowest BCUT2D eigenvalue weighted by Gasteiger charge is -2.56. The molecule has 1 aromatic carbocycles. The molecular weight excluding hydrogens is 334 g/mol. The van der Waals surface area contributed by atoms with Crippen LogP contribution in [0.25, 0.3) is 0 Å². The number of thioether (sulfide) groups is 1. The van der Waals surface area contributed by atoms with Crippen molar-refractivity contribution in [2.45, 2.75) is 66.2 Å². The van der Waals surface area contributed by atoms with Crippen molar-refractivity contribution in [1.82, 2.24) is 4.90 Å². The maximum Gasteiger partial charge on any atom is 0.175 e. The van der Waals surface area contributed by atoms with Crippen molar-refractivity contribution in [1.29, 1.82) is 0 Å². The quantitative estimate of drug-likeness (QED) is 0.840. The van der Waals surface area contributed by atoms with Gasteiger partial charge in [0.2, 0.25) is 0 Å². The SMILES string of the molecule is COc1ccc(SC23CC4=CC(O)O[C@]42[C@H]2CCCCN2[C@H]3C)cc1. The van der Waals surface area contributed by atoms with Gasteiger partial charge in [-0.2, -0.15) is 0 Å². The fourth-order valence-corrected chi connectivity index (χ4v) is 7.36. The van der Waals surface area contributed by atoms with E-state index >= 15 is 0 Å². The average molecular weight is 359 g/mol. The summed E-state index contributed by atoms with van der Waals surface area (Å²) < 4.78 is 11.6. The van der Waals surface area contributed by atoms with Gasteiger partial charge >= 0.3 is 0 Å². The highest BCUT2D eigenvalue weighted by Gasteiger charge is 2.78. The van der Waals surface area contributed by atoms with E-state index < -0.39 is 6.29 Å². The summed E-state index contributed by atoms with van der Waals surface area (Å²) in [5, 5.41) is 10.2. The highest BCUT2D eigenvalue weighted by Crippen LogP contribution is 2.70. The van der Waals surface area contributed by atoms with E-state index in [9.17, 15) is 5.11 Å². The van der Waals surface area contributed by atoms with E-state index in [2.05, 4.69) is 24.0 Å². The van der Waals surface area contributed by atoms with Gasteiger partial charge in [0.15, 0.2) is 6.29 Å². The van der Waals surface area contributed by atoms with E-state index in [1.165, 1.54) is 29.7 Å². The molecule has 2 unspecified atom stereocenters. The number of rotatable bonds is 3. The second kappa shape index (κ2) is 5.49. The summed E-state index contributed by atoms with van der Waals surface area (Å²) in [6.45, 7) is 3.50. The first-order valence-corrected chi connectivity index (χ1v) is 10.1. The third-order valence-electron chi connectivity index (χ3n) is 6.75. The van der Waals surface area contributed by atoms with Gasteiger partial charge in [-0.05, 0) is 68.6 Å². The Morgan fingerprint density at radius 2 is 2.08 bits per heavy atom. The molecule has 0 amide bonds. The third kappa shape index (κ3) is 1.95. The Bertz CT molecular complexity index is 720. The lowest BCUT2D eigenvalue weighted by molar-refractivity contribution is -0.162. The number of ether oxygens (including phenoxy) is 2. The fraction of sp³-hybridized carbons (Fsp3) is 0.600. The molecule has 3 heterocycles. The lowest BCUT2D eigenvalue weighted by Crippen LogP contribution is -2.66. The molecule has 0 aromatic heterocycles. The Hall–Kier alpha value is -1.01. The first-order valence-electron chi connectivity index (χ1n) is 9.26. The first-order chi connectivity index (χ1) is 12.1. The molecule has 25 heavy (non-hydrogen) atoms. The van der Waals surface area contributed by atoms with E-state index in [-0.39, 0.29) is 10.3 Å². The molecule has 5 rings (SSSR count). The molecule has 1 spiro atoms. The lowest BCUT2D eigenvalue weighted by atomic mass is 9.61. The zero-order valence-corrected chi connectivity index (χ0v) is 15.6. The fourth-order valence-electron chi connectivity index (χ4n) is 5.67. The topological polar surface area (TPSA) is 41.9 Å². The Morgan fingerprint density at radius 1 is 1.28 bits per heavy atom. The van der Waals surface area contributed by atoms with Crippen molar-refractivity contribution < 1.29 is 14.6 Å². The standard InChI is InChI=1S/C20H25NO3S/c1-13-19(25-16-8-6-15(23-2)7-9-16)12-14-11-18(22)24-20(14,19)17-5-3-4-10-21(13)17/h6-9,11,13,17-18,22H,3-5,10,12H2,1-2H3/t13-,17+,18?,19?,20-/m0/s1. The van der Waals surface area contributed by atoms with Crippen molar-refractivity contribution in [2.75, 3.05) is 13.7 Å². The number of hydrogen-bond donors (Lipinski definition) is 1. The summed E-state index contributed by atoms with van der Waals surface area (Å²) in [5.41, 5.74) is 1.01. The Balaban J connectivity index is 1.55. The largest absolute Gasteiger partial charge is 0.497 e. The van der Waals surface area contributed by atoms with Crippen molar-refractivity contribution >= 4 is 11.8 Å². The predicted molar refractivity (Wildman–Crippen MR) is 97.9 cm³/mol. The summed E-state index contributed by atoms with van der Waals surface area (Å²) in [6.07, 6.45) is 5.90. The van der Waals surface area contributed by atoms with Crippen LogP contribution in [0.15, 0.2) is 40.8 Å². The monoisotopic (exact) mass is 359 g/mol. The van der Waals surface area contributed by atoms with E-state index in [4.69, 9.17) is 9.47 Å². The number of aliphatic hydroxyl groups excluding tert-OH is 1. The van der Waals surface area contributed by atoms with E-state index in [0.29, 0.717) is 12.1 Å². The van der Waals surface area contributed by atoms with Gasteiger partial charge in [0.05, 0.1) is 11.9 Å². The van der Waals surface area contributed by atoms with Crippen LogP contribution in [0.5, 0.6) is 5.75 Å². The Morgan fingerprint density at radius 3 is 2.80 bits per heavy atom. The van der Waals surface area contributed by atoms with Gasteiger partial charge in [-0.1, -0.05) is 6.42 Å². The minimum Gasteiger partial charge on any atom is -0.497 e. The number of aliphatic hydroxyl groups is 1. The van der Waals surface area contributed by atoms with Crippen LogP contribution in [-0.2, 0) is 4.74 Å². The van der Waals surface area contributed by atoms with Gasteiger partial charge in [0.25, 0.3) is 0 Å². The number of methoxy groups -OCH3 is 1. The van der Waals surface area contributed by atoms with Gasteiger partial charge < -0.3 is 14.6 Å². The van der Waals surface area contributed by atoms with Crippen LogP contribution >= 0.6 is 11.8 Å². The minimum atomic E-state index is -0.748. The molecule has 3 aliphatic heterocycles. The van der Waals surface area contributed by atoms with Crippen LogP contribution in [0.4, 0.5) is 0 Å². The van der Waals surface area contributed by atoms with Crippen molar-refractivity contribution in [3.8, 4) is 5.75 Å². The molecule has 0 bridgehead atoms. The van der Waals surface area contributed by atoms with Gasteiger partial charge in [-0.25, -0.2) is 0 Å². The normalized spacial score (nSPS) is 42.2. The van der Waals surface area contributed by atoms with Gasteiger partial charge in [0.1, 0.15) is 11.4 Å². The van der Waals surface area contributed by atoms with Crippen LogP contribution in [-0.4, -0.2) is 52.4 Å². The van der Waals surface area contributed by atoms with E-state index in [1.807, 2.05) is 30.0 Å². The maximum absolute atomic E-state index is 10.2. The molecule has 1 N–H and O–H groups in total. The number of hydrogen-bond acceptors (Lipinski definition) is 5. The predicted octanol–water partition coefficient (Wildman–Crippen LogP) is 3.20. The molecule has 1 aliphatic carbocycles. The maximum atomic E-state index is 10.2. The molecule has 2 saturated heterocycles. The number of fused-ring (bicyclic) bond motifs is 1. The number of benzene rings is 1. The first kappa shape index (κ1) is 16.2. The van der Waals surface area contributed by atoms with Gasteiger partial charge in [-0.15, -0.1) is 11.8 Å². The second-order valence-corrected chi connectivity index (χ2v) is 9.11. The van der Waals surface area contributed by atoms with Gasteiger partial charge in [0, 0.05) is 17.0 Å². The number of nitrogens with zero attached hydrogens (tertiary/aromatic N) is 1. The second-order valence-electron chi connectivity index (χ2n) is 7.71. The average Bonchev–Trinajstić information content (AvgIpc) is 2.98. The molecule has 5 heteroatoms. The van der Waals surface area contributed by atoms with Crippen molar-refractivity contribution in [2.24, 2.45) is 0 Å². The third-order valence-corrected chi connectivity index (χ3v) is 8.42. The molecule has 3 fully saturated rings. The Labute approximate surface area is 153 Å². The van der Waals surface area contributed by atoms with Crippen LogP contribution in [0, 0.1) is 0 Å². The molecule has 134 valence electrons. The summed E-state index contributed by atoms with van der Waals surface area (Å²) in [4.78, 5) is 3.90. The Kier molecular flexibility index (Phi) is 3.56.